The van der Waals surface area contributed by atoms with Crippen LogP contribution in [0.5, 0.6) is 0 Å². The second-order valence-corrected chi connectivity index (χ2v) is 6.73. The van der Waals surface area contributed by atoms with E-state index in [1.807, 2.05) is 71.5 Å². The Kier molecular flexibility index (Phi) is 7.13. The van der Waals surface area contributed by atoms with Crippen molar-refractivity contribution in [3.05, 3.63) is 89.7 Å². The summed E-state index contributed by atoms with van der Waals surface area (Å²) in [6.07, 6.45) is 3.66. The number of carbonyl (C=O) groups is 2. The Morgan fingerprint density at radius 2 is 1.69 bits per heavy atom. The molecular weight excluding hydrogens is 366 g/mol. The van der Waals surface area contributed by atoms with E-state index in [1.54, 1.807) is 13.1 Å². The molecule has 0 saturated carbocycles. The minimum atomic E-state index is -0.518. The number of aromatic nitrogens is 2. The number of urea groups is 1. The van der Waals surface area contributed by atoms with Crippen molar-refractivity contribution >= 4 is 11.9 Å². The molecule has 0 aliphatic rings. The Balaban J connectivity index is 1.47. The lowest BCUT2D eigenvalue weighted by Crippen LogP contribution is -2.47. The Labute approximate surface area is 170 Å². The second-order valence-electron chi connectivity index (χ2n) is 6.73. The summed E-state index contributed by atoms with van der Waals surface area (Å²) in [5.74, 6) is -0.375. The van der Waals surface area contributed by atoms with E-state index in [1.165, 1.54) is 0 Å². The molecule has 0 aliphatic heterocycles. The smallest absolute Gasteiger partial charge is 0.321 e. The lowest BCUT2D eigenvalue weighted by molar-refractivity contribution is -0.121. The van der Waals surface area contributed by atoms with Gasteiger partial charge < -0.3 is 10.6 Å². The maximum atomic E-state index is 12.3. The second kappa shape index (κ2) is 10.2. The zero-order valence-electron chi connectivity index (χ0n) is 16.3. The summed E-state index contributed by atoms with van der Waals surface area (Å²) in [5, 5.41) is 12.5. The van der Waals surface area contributed by atoms with E-state index in [9.17, 15) is 9.59 Å². The quantitative estimate of drug-likeness (QED) is 0.550. The van der Waals surface area contributed by atoms with Gasteiger partial charge in [0, 0.05) is 25.5 Å². The van der Waals surface area contributed by atoms with E-state index in [0.717, 1.165) is 16.7 Å². The van der Waals surface area contributed by atoms with Crippen molar-refractivity contribution in [3.8, 4) is 0 Å². The van der Waals surface area contributed by atoms with Gasteiger partial charge >= 0.3 is 6.03 Å². The standard InChI is InChI=1S/C22H25N5O2/c1-17(21(28)26-22(29)24-14-18-8-3-2-4-9-18)23-15-19-10-5-6-11-20(19)16-27-13-7-12-25-27/h2-13,17,23H,14-16H2,1H3,(H2,24,26,28,29)/t17-/m1/s1. The molecule has 3 amide bonds. The molecule has 1 heterocycles. The Bertz CT molecular complexity index is 925. The number of carbonyl (C=O) groups excluding carboxylic acids is 2. The lowest BCUT2D eigenvalue weighted by atomic mass is 10.1. The van der Waals surface area contributed by atoms with Gasteiger partial charge in [-0.25, -0.2) is 4.79 Å². The van der Waals surface area contributed by atoms with Gasteiger partial charge in [-0.1, -0.05) is 54.6 Å². The van der Waals surface area contributed by atoms with Crippen LogP contribution in [0, 0.1) is 0 Å². The molecule has 0 unspecified atom stereocenters. The van der Waals surface area contributed by atoms with Crippen molar-refractivity contribution in [1.29, 1.82) is 0 Å². The van der Waals surface area contributed by atoms with Crippen molar-refractivity contribution in [2.24, 2.45) is 0 Å². The first-order valence-corrected chi connectivity index (χ1v) is 9.52. The Morgan fingerprint density at radius 3 is 2.41 bits per heavy atom. The van der Waals surface area contributed by atoms with Crippen LogP contribution in [-0.4, -0.2) is 27.8 Å². The average molecular weight is 391 g/mol. The van der Waals surface area contributed by atoms with Crippen molar-refractivity contribution in [1.82, 2.24) is 25.7 Å². The third kappa shape index (κ3) is 6.29. The van der Waals surface area contributed by atoms with E-state index in [0.29, 0.717) is 19.6 Å². The van der Waals surface area contributed by atoms with Crippen LogP contribution in [0.1, 0.15) is 23.6 Å². The summed E-state index contributed by atoms with van der Waals surface area (Å²) in [6, 6.07) is 18.4. The molecule has 1 atom stereocenters. The van der Waals surface area contributed by atoms with Crippen LogP contribution in [0.4, 0.5) is 4.79 Å². The maximum Gasteiger partial charge on any atom is 0.321 e. The van der Waals surface area contributed by atoms with Crippen molar-refractivity contribution in [2.75, 3.05) is 0 Å². The van der Waals surface area contributed by atoms with Gasteiger partial charge in [0.05, 0.1) is 12.6 Å². The summed E-state index contributed by atoms with van der Waals surface area (Å²) in [7, 11) is 0. The number of nitrogens with one attached hydrogen (secondary N) is 3. The van der Waals surface area contributed by atoms with Gasteiger partial charge in [-0.2, -0.15) is 5.10 Å². The Morgan fingerprint density at radius 1 is 0.966 bits per heavy atom. The molecule has 0 spiro atoms. The monoisotopic (exact) mass is 391 g/mol. The van der Waals surface area contributed by atoms with Crippen LogP contribution in [0.25, 0.3) is 0 Å². The number of nitrogens with zero attached hydrogens (tertiary/aromatic N) is 2. The summed E-state index contributed by atoms with van der Waals surface area (Å²) in [4.78, 5) is 24.2. The van der Waals surface area contributed by atoms with E-state index < -0.39 is 12.1 Å². The van der Waals surface area contributed by atoms with Gasteiger partial charge in [0.1, 0.15) is 0 Å². The van der Waals surface area contributed by atoms with E-state index in [2.05, 4.69) is 21.0 Å². The topological polar surface area (TPSA) is 88.1 Å². The number of benzene rings is 2. The molecule has 3 rings (SSSR count). The number of imide groups is 1. The van der Waals surface area contributed by atoms with Crippen molar-refractivity contribution in [2.45, 2.75) is 32.6 Å². The number of hydrogen-bond acceptors (Lipinski definition) is 4. The summed E-state index contributed by atoms with van der Waals surface area (Å²) >= 11 is 0. The third-order valence-corrected chi connectivity index (χ3v) is 4.53. The average Bonchev–Trinajstić information content (AvgIpc) is 3.25. The van der Waals surface area contributed by atoms with E-state index in [-0.39, 0.29) is 5.91 Å². The SMILES string of the molecule is C[C@@H](NCc1ccccc1Cn1cccn1)C(=O)NC(=O)NCc1ccccc1. The van der Waals surface area contributed by atoms with Gasteiger partial charge in [0.2, 0.25) is 5.91 Å². The molecule has 0 saturated heterocycles. The first-order chi connectivity index (χ1) is 14.1. The summed E-state index contributed by atoms with van der Waals surface area (Å²) in [5.41, 5.74) is 3.17. The molecule has 0 fully saturated rings. The molecule has 7 heteroatoms. The Hall–Kier alpha value is -3.45. The molecular formula is C22H25N5O2. The van der Waals surface area contributed by atoms with Crippen LogP contribution >= 0.6 is 0 Å². The number of rotatable bonds is 8. The van der Waals surface area contributed by atoms with Crippen LogP contribution in [0.2, 0.25) is 0 Å². The van der Waals surface area contributed by atoms with E-state index in [4.69, 9.17) is 0 Å². The highest BCUT2D eigenvalue weighted by atomic mass is 16.2. The molecule has 0 radical (unpaired) electrons. The molecule has 1 aromatic heterocycles. The predicted octanol–water partition coefficient (Wildman–Crippen LogP) is 2.44. The van der Waals surface area contributed by atoms with Crippen LogP contribution in [-0.2, 0) is 24.4 Å². The fourth-order valence-electron chi connectivity index (χ4n) is 2.85. The van der Waals surface area contributed by atoms with Crippen molar-refractivity contribution < 1.29 is 9.59 Å². The first-order valence-electron chi connectivity index (χ1n) is 9.52. The van der Waals surface area contributed by atoms with Crippen molar-refractivity contribution in [3.63, 3.8) is 0 Å². The minimum Gasteiger partial charge on any atom is -0.334 e. The molecule has 7 nitrogen and oxygen atoms in total. The van der Waals surface area contributed by atoms with E-state index >= 15 is 0 Å². The highest BCUT2D eigenvalue weighted by Crippen LogP contribution is 2.10. The predicted molar refractivity (Wildman–Crippen MR) is 111 cm³/mol. The highest BCUT2D eigenvalue weighted by molar-refractivity contribution is 5.96. The first kappa shape index (κ1) is 20.3. The molecule has 0 bridgehead atoms. The normalized spacial score (nSPS) is 11.6. The molecule has 0 aliphatic carbocycles. The van der Waals surface area contributed by atoms with Gasteiger partial charge in [-0.15, -0.1) is 0 Å². The molecule has 3 N–H and O–H groups in total. The zero-order valence-corrected chi connectivity index (χ0v) is 16.3. The van der Waals surface area contributed by atoms with Gasteiger partial charge in [0.25, 0.3) is 0 Å². The molecule has 29 heavy (non-hydrogen) atoms. The maximum absolute atomic E-state index is 12.3. The molecule has 3 aromatic rings. The lowest BCUT2D eigenvalue weighted by Gasteiger charge is -2.16. The summed E-state index contributed by atoms with van der Waals surface area (Å²) < 4.78 is 1.85. The number of hydrogen-bond donors (Lipinski definition) is 3. The molecule has 150 valence electrons. The number of amides is 3. The van der Waals surface area contributed by atoms with Crippen LogP contribution < -0.4 is 16.0 Å². The minimum absolute atomic E-state index is 0.364. The largest absolute Gasteiger partial charge is 0.334 e. The fourth-order valence-corrected chi connectivity index (χ4v) is 2.85. The highest BCUT2D eigenvalue weighted by Gasteiger charge is 2.15. The van der Waals surface area contributed by atoms with Crippen LogP contribution in [0.15, 0.2) is 73.1 Å². The van der Waals surface area contributed by atoms with Gasteiger partial charge in [0.15, 0.2) is 0 Å². The van der Waals surface area contributed by atoms with Crippen LogP contribution in [0.3, 0.4) is 0 Å². The third-order valence-electron chi connectivity index (χ3n) is 4.53. The van der Waals surface area contributed by atoms with Gasteiger partial charge in [-0.05, 0) is 29.7 Å². The molecule has 2 aromatic carbocycles. The fraction of sp³-hybridized carbons (Fsp3) is 0.227. The summed E-state index contributed by atoms with van der Waals surface area (Å²) in [6.45, 7) is 3.27. The zero-order chi connectivity index (χ0) is 20.5. The van der Waals surface area contributed by atoms with Gasteiger partial charge in [-0.3, -0.25) is 14.8 Å².